The number of nitrogens with one attached hydrogen (secondary N) is 1. The van der Waals surface area contributed by atoms with Crippen molar-refractivity contribution in [2.45, 2.75) is 46.1 Å². The highest BCUT2D eigenvalue weighted by Crippen LogP contribution is 2.43. The maximum absolute atomic E-state index is 12.5. The fourth-order valence-corrected chi connectivity index (χ4v) is 3.69. The summed E-state index contributed by atoms with van der Waals surface area (Å²) in [5, 5.41) is 13.1. The van der Waals surface area contributed by atoms with E-state index in [1.54, 1.807) is 0 Å². The zero-order valence-corrected chi connectivity index (χ0v) is 13.3. The number of benzene rings is 1. The number of rotatable bonds is 4. The van der Waals surface area contributed by atoms with Crippen LogP contribution < -0.4 is 5.32 Å². The van der Waals surface area contributed by atoms with Gasteiger partial charge in [0.2, 0.25) is 5.91 Å². The average Bonchev–Trinajstić information content (AvgIpc) is 2.44. The SMILES string of the molecule is CC1CCCC(C)(C)C1C(=O)NC[C@@H](O)c1ccccc1. The zero-order chi connectivity index (χ0) is 15.5. The molecule has 0 heterocycles. The molecule has 1 aromatic rings. The Morgan fingerprint density at radius 1 is 1.38 bits per heavy atom. The molecular weight excluding hydrogens is 262 g/mol. The highest BCUT2D eigenvalue weighted by molar-refractivity contribution is 5.79. The molecule has 1 aliphatic rings. The molecule has 3 heteroatoms. The minimum absolute atomic E-state index is 0.0363. The summed E-state index contributed by atoms with van der Waals surface area (Å²) in [5.41, 5.74) is 0.883. The van der Waals surface area contributed by atoms with Gasteiger partial charge in [0.05, 0.1) is 6.10 Å². The van der Waals surface area contributed by atoms with E-state index >= 15 is 0 Å². The number of amides is 1. The number of carbonyl (C=O) groups is 1. The second-order valence-corrected chi connectivity index (χ2v) is 7.01. The molecule has 2 unspecified atom stereocenters. The van der Waals surface area contributed by atoms with Crippen molar-refractivity contribution in [2.24, 2.45) is 17.3 Å². The molecule has 1 fully saturated rings. The standard InChI is InChI=1S/C18H27NO2/c1-13-8-7-11-18(2,3)16(13)17(21)19-12-15(20)14-9-5-4-6-10-14/h4-6,9-10,13,15-16,20H,7-8,11-12H2,1-3H3,(H,19,21)/t13?,15-,16?/m1/s1. The van der Waals surface area contributed by atoms with Gasteiger partial charge in [-0.05, 0) is 29.7 Å². The third-order valence-corrected chi connectivity index (χ3v) is 4.83. The minimum atomic E-state index is -0.642. The number of hydrogen-bond donors (Lipinski definition) is 2. The Hall–Kier alpha value is -1.35. The van der Waals surface area contributed by atoms with Gasteiger partial charge in [-0.15, -0.1) is 0 Å². The third kappa shape index (κ3) is 3.85. The first-order valence-electron chi connectivity index (χ1n) is 7.92. The van der Waals surface area contributed by atoms with Gasteiger partial charge in [0.15, 0.2) is 0 Å². The number of aliphatic hydroxyl groups excluding tert-OH is 1. The van der Waals surface area contributed by atoms with Gasteiger partial charge in [0.25, 0.3) is 0 Å². The summed E-state index contributed by atoms with van der Waals surface area (Å²) in [6.07, 6.45) is 2.77. The van der Waals surface area contributed by atoms with Crippen LogP contribution in [0.5, 0.6) is 0 Å². The summed E-state index contributed by atoms with van der Waals surface area (Å²) < 4.78 is 0. The van der Waals surface area contributed by atoms with Crippen LogP contribution in [0.4, 0.5) is 0 Å². The van der Waals surface area contributed by atoms with Gasteiger partial charge in [-0.3, -0.25) is 4.79 Å². The fraction of sp³-hybridized carbons (Fsp3) is 0.611. The molecule has 0 bridgehead atoms. The lowest BCUT2D eigenvalue weighted by atomic mass is 9.64. The first-order chi connectivity index (χ1) is 9.92. The molecule has 0 spiro atoms. The Morgan fingerprint density at radius 3 is 2.67 bits per heavy atom. The van der Waals surface area contributed by atoms with E-state index in [2.05, 4.69) is 26.1 Å². The summed E-state index contributed by atoms with van der Waals surface area (Å²) in [7, 11) is 0. The molecule has 0 aliphatic heterocycles. The van der Waals surface area contributed by atoms with Crippen molar-refractivity contribution < 1.29 is 9.90 Å². The van der Waals surface area contributed by atoms with E-state index < -0.39 is 6.10 Å². The first kappa shape index (κ1) is 16.0. The molecule has 1 aliphatic carbocycles. The highest BCUT2D eigenvalue weighted by Gasteiger charge is 2.41. The van der Waals surface area contributed by atoms with Crippen LogP contribution in [-0.4, -0.2) is 17.6 Å². The van der Waals surface area contributed by atoms with Gasteiger partial charge < -0.3 is 10.4 Å². The Morgan fingerprint density at radius 2 is 2.05 bits per heavy atom. The molecular formula is C18H27NO2. The number of aliphatic hydroxyl groups is 1. The van der Waals surface area contributed by atoms with E-state index in [0.717, 1.165) is 18.4 Å². The molecule has 0 saturated heterocycles. The normalized spacial score (nSPS) is 26.1. The molecule has 3 atom stereocenters. The Kier molecular flexibility index (Phi) is 5.04. The zero-order valence-electron chi connectivity index (χ0n) is 13.3. The molecule has 2 N–H and O–H groups in total. The predicted octanol–water partition coefficient (Wildman–Crippen LogP) is 3.30. The van der Waals surface area contributed by atoms with E-state index in [0.29, 0.717) is 5.92 Å². The first-order valence-corrected chi connectivity index (χ1v) is 7.92. The lowest BCUT2D eigenvalue weighted by Crippen LogP contribution is -2.45. The van der Waals surface area contributed by atoms with Crippen LogP contribution in [0.2, 0.25) is 0 Å². The molecule has 1 amide bonds. The van der Waals surface area contributed by atoms with Crippen LogP contribution in [0.25, 0.3) is 0 Å². The van der Waals surface area contributed by atoms with E-state index in [1.165, 1.54) is 6.42 Å². The quantitative estimate of drug-likeness (QED) is 0.893. The average molecular weight is 289 g/mol. The van der Waals surface area contributed by atoms with E-state index in [-0.39, 0.29) is 23.8 Å². The van der Waals surface area contributed by atoms with Crippen molar-refractivity contribution >= 4 is 5.91 Å². The third-order valence-electron chi connectivity index (χ3n) is 4.83. The Balaban J connectivity index is 1.95. The van der Waals surface area contributed by atoms with Crippen molar-refractivity contribution in [3.05, 3.63) is 35.9 Å². The van der Waals surface area contributed by atoms with Crippen LogP contribution in [-0.2, 0) is 4.79 Å². The van der Waals surface area contributed by atoms with Gasteiger partial charge in [0.1, 0.15) is 0 Å². The largest absolute Gasteiger partial charge is 0.387 e. The molecule has 2 rings (SSSR count). The maximum Gasteiger partial charge on any atom is 0.224 e. The Labute approximate surface area is 127 Å². The van der Waals surface area contributed by atoms with Gasteiger partial charge in [-0.1, -0.05) is 57.5 Å². The van der Waals surface area contributed by atoms with Gasteiger partial charge in [-0.25, -0.2) is 0 Å². The second kappa shape index (κ2) is 6.61. The van der Waals surface area contributed by atoms with Gasteiger partial charge in [0, 0.05) is 12.5 Å². The molecule has 116 valence electrons. The minimum Gasteiger partial charge on any atom is -0.387 e. The van der Waals surface area contributed by atoms with Crippen molar-refractivity contribution in [3.63, 3.8) is 0 Å². The van der Waals surface area contributed by atoms with Crippen LogP contribution in [0.1, 0.15) is 51.7 Å². The van der Waals surface area contributed by atoms with Crippen LogP contribution in [0.3, 0.4) is 0 Å². The van der Waals surface area contributed by atoms with Crippen molar-refractivity contribution in [1.29, 1.82) is 0 Å². The van der Waals surface area contributed by atoms with Crippen LogP contribution in [0, 0.1) is 17.3 Å². The second-order valence-electron chi connectivity index (χ2n) is 7.01. The van der Waals surface area contributed by atoms with Gasteiger partial charge in [-0.2, -0.15) is 0 Å². The Bertz CT molecular complexity index is 469. The lowest BCUT2D eigenvalue weighted by Gasteiger charge is -2.41. The molecule has 21 heavy (non-hydrogen) atoms. The summed E-state index contributed by atoms with van der Waals surface area (Å²) in [6, 6.07) is 9.47. The number of carbonyl (C=O) groups excluding carboxylic acids is 1. The van der Waals surface area contributed by atoms with Crippen molar-refractivity contribution in [3.8, 4) is 0 Å². The van der Waals surface area contributed by atoms with Crippen molar-refractivity contribution in [2.75, 3.05) is 6.54 Å². The predicted molar refractivity (Wildman–Crippen MR) is 84.7 cm³/mol. The van der Waals surface area contributed by atoms with Crippen LogP contribution in [0.15, 0.2) is 30.3 Å². The van der Waals surface area contributed by atoms with Crippen molar-refractivity contribution in [1.82, 2.24) is 5.32 Å². The monoisotopic (exact) mass is 289 g/mol. The van der Waals surface area contributed by atoms with Gasteiger partial charge >= 0.3 is 0 Å². The molecule has 3 nitrogen and oxygen atoms in total. The highest BCUT2D eigenvalue weighted by atomic mass is 16.3. The van der Waals surface area contributed by atoms with E-state index in [1.807, 2.05) is 30.3 Å². The summed E-state index contributed by atoms with van der Waals surface area (Å²) in [4.78, 5) is 12.5. The van der Waals surface area contributed by atoms with E-state index in [4.69, 9.17) is 0 Å². The smallest absolute Gasteiger partial charge is 0.224 e. The molecule has 0 aromatic heterocycles. The van der Waals surface area contributed by atoms with E-state index in [9.17, 15) is 9.90 Å². The molecule has 0 radical (unpaired) electrons. The topological polar surface area (TPSA) is 49.3 Å². The van der Waals surface area contributed by atoms with Crippen LogP contribution >= 0.6 is 0 Å². The molecule has 1 aromatic carbocycles. The number of hydrogen-bond acceptors (Lipinski definition) is 2. The molecule has 1 saturated carbocycles. The maximum atomic E-state index is 12.5. The summed E-state index contributed by atoms with van der Waals surface area (Å²) >= 11 is 0. The summed E-state index contributed by atoms with van der Waals surface area (Å²) in [6.45, 7) is 6.81. The summed E-state index contributed by atoms with van der Waals surface area (Å²) in [5.74, 6) is 0.527. The fourth-order valence-electron chi connectivity index (χ4n) is 3.69. The lowest BCUT2D eigenvalue weighted by molar-refractivity contribution is -0.133.